The molecule has 1 saturated heterocycles. The van der Waals surface area contributed by atoms with E-state index in [2.05, 4.69) is 9.97 Å². The lowest BCUT2D eigenvalue weighted by Crippen LogP contribution is -2.60. The number of likely N-dealkylation sites (tertiary alicyclic amines) is 1. The Balaban J connectivity index is 1.97. The van der Waals surface area contributed by atoms with Gasteiger partial charge in [-0.3, -0.25) is 4.79 Å². The fourth-order valence-corrected chi connectivity index (χ4v) is 1.28. The van der Waals surface area contributed by atoms with Gasteiger partial charge in [-0.1, -0.05) is 0 Å². The highest BCUT2D eigenvalue weighted by atomic mass is 16.2. The molecular formula is C8H10N4O. The van der Waals surface area contributed by atoms with Crippen molar-refractivity contribution < 1.29 is 4.79 Å². The van der Waals surface area contributed by atoms with Gasteiger partial charge in [0.2, 0.25) is 5.91 Å². The maximum atomic E-state index is 11.1. The third-order valence-electron chi connectivity index (χ3n) is 2.04. The molecular weight excluding hydrogens is 168 g/mol. The Morgan fingerprint density at radius 3 is 3.08 bits per heavy atom. The van der Waals surface area contributed by atoms with Crippen LogP contribution in [0.2, 0.25) is 0 Å². The SMILES string of the molecule is NC1CN(Cc2ccncn2)C1=O. The molecule has 2 heterocycles. The number of aromatic nitrogens is 2. The Kier molecular flexibility index (Phi) is 1.94. The van der Waals surface area contributed by atoms with Crippen LogP contribution in [0.5, 0.6) is 0 Å². The summed E-state index contributed by atoms with van der Waals surface area (Å²) in [4.78, 5) is 20.6. The van der Waals surface area contributed by atoms with Crippen LogP contribution in [0.15, 0.2) is 18.6 Å². The summed E-state index contributed by atoms with van der Waals surface area (Å²) in [6.45, 7) is 1.16. The van der Waals surface area contributed by atoms with E-state index in [1.807, 2.05) is 0 Å². The Morgan fingerprint density at radius 2 is 2.54 bits per heavy atom. The molecule has 1 amide bonds. The molecule has 2 rings (SSSR count). The largest absolute Gasteiger partial charge is 0.333 e. The monoisotopic (exact) mass is 178 g/mol. The third kappa shape index (κ3) is 1.50. The van der Waals surface area contributed by atoms with Crippen molar-refractivity contribution in [1.82, 2.24) is 14.9 Å². The van der Waals surface area contributed by atoms with Crippen molar-refractivity contribution in [1.29, 1.82) is 0 Å². The van der Waals surface area contributed by atoms with Gasteiger partial charge in [-0.05, 0) is 6.07 Å². The Bertz CT molecular complexity index is 313. The van der Waals surface area contributed by atoms with E-state index in [0.29, 0.717) is 13.1 Å². The number of nitrogens with zero attached hydrogens (tertiary/aromatic N) is 3. The topological polar surface area (TPSA) is 72.1 Å². The first-order chi connectivity index (χ1) is 6.27. The van der Waals surface area contributed by atoms with Gasteiger partial charge in [-0.2, -0.15) is 0 Å². The van der Waals surface area contributed by atoms with Gasteiger partial charge in [0.05, 0.1) is 12.2 Å². The van der Waals surface area contributed by atoms with E-state index in [9.17, 15) is 4.79 Å². The average molecular weight is 178 g/mol. The molecule has 0 radical (unpaired) electrons. The summed E-state index contributed by atoms with van der Waals surface area (Å²) in [6, 6.07) is 1.48. The van der Waals surface area contributed by atoms with E-state index in [0.717, 1.165) is 5.69 Å². The number of carbonyl (C=O) groups excluding carboxylic acids is 1. The highest BCUT2D eigenvalue weighted by Gasteiger charge is 2.33. The number of hydrogen-bond acceptors (Lipinski definition) is 4. The maximum absolute atomic E-state index is 11.1. The molecule has 1 fully saturated rings. The van der Waals surface area contributed by atoms with Gasteiger partial charge < -0.3 is 10.6 Å². The van der Waals surface area contributed by atoms with Crippen molar-refractivity contribution in [2.45, 2.75) is 12.6 Å². The third-order valence-corrected chi connectivity index (χ3v) is 2.04. The van der Waals surface area contributed by atoms with Crippen LogP contribution < -0.4 is 5.73 Å². The minimum atomic E-state index is -0.304. The van der Waals surface area contributed by atoms with Crippen LogP contribution in [0.3, 0.4) is 0 Å². The Morgan fingerprint density at radius 1 is 1.69 bits per heavy atom. The van der Waals surface area contributed by atoms with E-state index in [4.69, 9.17) is 5.73 Å². The summed E-state index contributed by atoms with van der Waals surface area (Å²) in [5.41, 5.74) is 6.28. The quantitative estimate of drug-likeness (QED) is 0.598. The maximum Gasteiger partial charge on any atom is 0.241 e. The van der Waals surface area contributed by atoms with Gasteiger partial charge in [0.25, 0.3) is 0 Å². The molecule has 1 atom stereocenters. The van der Waals surface area contributed by atoms with Gasteiger partial charge in [0.15, 0.2) is 0 Å². The second kappa shape index (κ2) is 3.10. The molecule has 13 heavy (non-hydrogen) atoms. The zero-order chi connectivity index (χ0) is 9.26. The van der Waals surface area contributed by atoms with E-state index in [1.165, 1.54) is 6.33 Å². The summed E-state index contributed by atoms with van der Waals surface area (Å²) in [5, 5.41) is 0. The molecule has 68 valence electrons. The molecule has 1 unspecified atom stereocenters. The fraction of sp³-hybridized carbons (Fsp3) is 0.375. The zero-order valence-electron chi connectivity index (χ0n) is 7.05. The molecule has 5 nitrogen and oxygen atoms in total. The van der Waals surface area contributed by atoms with Gasteiger partial charge in [-0.25, -0.2) is 9.97 Å². The average Bonchev–Trinajstić information content (AvgIpc) is 2.19. The second-order valence-corrected chi connectivity index (χ2v) is 3.03. The summed E-state index contributed by atoms with van der Waals surface area (Å²) in [5.74, 6) is -0.00128. The van der Waals surface area contributed by atoms with E-state index < -0.39 is 0 Å². The normalized spacial score (nSPS) is 21.5. The number of nitrogens with two attached hydrogens (primary N) is 1. The second-order valence-electron chi connectivity index (χ2n) is 3.03. The smallest absolute Gasteiger partial charge is 0.241 e. The molecule has 0 aliphatic carbocycles. The molecule has 0 spiro atoms. The van der Waals surface area contributed by atoms with Gasteiger partial charge in [0.1, 0.15) is 12.4 Å². The van der Waals surface area contributed by atoms with Crippen LogP contribution in [0.25, 0.3) is 0 Å². The first-order valence-electron chi connectivity index (χ1n) is 4.06. The van der Waals surface area contributed by atoms with Crippen LogP contribution in [0, 0.1) is 0 Å². The number of hydrogen-bond donors (Lipinski definition) is 1. The molecule has 1 aliphatic rings. The van der Waals surface area contributed by atoms with Crippen LogP contribution in [-0.2, 0) is 11.3 Å². The summed E-state index contributed by atoms with van der Waals surface area (Å²) < 4.78 is 0. The van der Waals surface area contributed by atoms with Crippen LogP contribution in [0.4, 0.5) is 0 Å². The lowest BCUT2D eigenvalue weighted by atomic mass is 10.1. The fourth-order valence-electron chi connectivity index (χ4n) is 1.28. The zero-order valence-corrected chi connectivity index (χ0v) is 7.05. The molecule has 1 aromatic heterocycles. The van der Waals surface area contributed by atoms with Crippen molar-refractivity contribution in [3.05, 3.63) is 24.3 Å². The molecule has 1 aliphatic heterocycles. The number of carbonyl (C=O) groups is 1. The van der Waals surface area contributed by atoms with Crippen molar-refractivity contribution in [2.75, 3.05) is 6.54 Å². The lowest BCUT2D eigenvalue weighted by molar-refractivity contribution is -0.143. The van der Waals surface area contributed by atoms with Gasteiger partial charge in [-0.15, -0.1) is 0 Å². The van der Waals surface area contributed by atoms with Crippen molar-refractivity contribution in [3.63, 3.8) is 0 Å². The summed E-state index contributed by atoms with van der Waals surface area (Å²) >= 11 is 0. The molecule has 2 N–H and O–H groups in total. The first kappa shape index (κ1) is 8.12. The van der Waals surface area contributed by atoms with E-state index >= 15 is 0 Å². The highest BCUT2D eigenvalue weighted by Crippen LogP contribution is 2.10. The molecule has 0 aromatic carbocycles. The molecule has 0 bridgehead atoms. The van der Waals surface area contributed by atoms with Crippen molar-refractivity contribution in [2.24, 2.45) is 5.73 Å². The predicted octanol–water partition coefficient (Wildman–Crippen LogP) is -0.854. The van der Waals surface area contributed by atoms with Gasteiger partial charge in [0, 0.05) is 12.7 Å². The molecule has 0 saturated carbocycles. The van der Waals surface area contributed by atoms with Crippen LogP contribution in [-0.4, -0.2) is 33.4 Å². The van der Waals surface area contributed by atoms with Crippen molar-refractivity contribution in [3.8, 4) is 0 Å². The minimum Gasteiger partial charge on any atom is -0.333 e. The number of amides is 1. The van der Waals surface area contributed by atoms with E-state index in [1.54, 1.807) is 17.2 Å². The lowest BCUT2D eigenvalue weighted by Gasteiger charge is -2.35. The Labute approximate surface area is 75.6 Å². The minimum absolute atomic E-state index is 0.00128. The van der Waals surface area contributed by atoms with Crippen molar-refractivity contribution >= 4 is 5.91 Å². The first-order valence-corrected chi connectivity index (χ1v) is 4.06. The predicted molar refractivity (Wildman–Crippen MR) is 45.4 cm³/mol. The highest BCUT2D eigenvalue weighted by molar-refractivity contribution is 5.87. The number of rotatable bonds is 2. The summed E-state index contributed by atoms with van der Waals surface area (Å²) in [6.07, 6.45) is 3.13. The van der Waals surface area contributed by atoms with Gasteiger partial charge >= 0.3 is 0 Å². The van der Waals surface area contributed by atoms with Crippen LogP contribution >= 0.6 is 0 Å². The molecule has 1 aromatic rings. The summed E-state index contributed by atoms with van der Waals surface area (Å²) in [7, 11) is 0. The number of β-lactam (4-membered cyclic amide) rings is 1. The molecule has 5 heteroatoms. The van der Waals surface area contributed by atoms with E-state index in [-0.39, 0.29) is 11.9 Å². The Hall–Kier alpha value is -1.49. The standard InChI is InChI=1S/C8H10N4O/c9-7-4-12(8(7)13)3-6-1-2-10-5-11-6/h1-2,5,7H,3-4,9H2. The van der Waals surface area contributed by atoms with Crippen LogP contribution in [0.1, 0.15) is 5.69 Å².